The van der Waals surface area contributed by atoms with Gasteiger partial charge in [-0.2, -0.15) is 10.1 Å². The number of carbonyl (C=O) groups is 1. The monoisotopic (exact) mass is 451 g/mol. The first-order valence-electron chi connectivity index (χ1n) is 10.7. The van der Waals surface area contributed by atoms with Gasteiger partial charge in [0.05, 0.1) is 5.57 Å². The minimum absolute atomic E-state index is 0.0746. The van der Waals surface area contributed by atoms with Gasteiger partial charge in [0.15, 0.2) is 5.82 Å². The zero-order valence-corrected chi connectivity index (χ0v) is 18.9. The van der Waals surface area contributed by atoms with Crippen LogP contribution in [0.25, 0.3) is 0 Å². The fourth-order valence-electron chi connectivity index (χ4n) is 3.81. The molecule has 0 spiro atoms. The van der Waals surface area contributed by atoms with E-state index in [0.717, 1.165) is 17.7 Å². The van der Waals surface area contributed by atoms with E-state index in [1.54, 1.807) is 28.9 Å². The van der Waals surface area contributed by atoms with Crippen LogP contribution in [-0.4, -0.2) is 32.4 Å². The van der Waals surface area contributed by atoms with Gasteiger partial charge in [0.1, 0.15) is 6.04 Å². The van der Waals surface area contributed by atoms with Gasteiger partial charge in [-0.25, -0.2) is 4.68 Å². The highest BCUT2D eigenvalue weighted by atomic mass is 35.5. The van der Waals surface area contributed by atoms with Crippen LogP contribution in [0, 0.1) is 0 Å². The summed E-state index contributed by atoms with van der Waals surface area (Å²) in [5.74, 6) is 0.992. The van der Waals surface area contributed by atoms with Gasteiger partial charge in [-0.1, -0.05) is 42.8 Å². The fraction of sp³-hybridized carbons (Fsp3) is 0.292. The molecule has 8 heteroatoms. The highest BCUT2D eigenvalue weighted by Gasteiger charge is 2.34. The Kier molecular flexibility index (Phi) is 6.58. The Balaban J connectivity index is 1.74. The number of hydrogen-bond acceptors (Lipinski definition) is 5. The van der Waals surface area contributed by atoms with E-state index in [4.69, 9.17) is 11.6 Å². The summed E-state index contributed by atoms with van der Waals surface area (Å²) in [5, 5.41) is 20.7. The van der Waals surface area contributed by atoms with Gasteiger partial charge < -0.3 is 15.7 Å². The molecule has 0 saturated heterocycles. The van der Waals surface area contributed by atoms with Crippen LogP contribution in [0.3, 0.4) is 0 Å². The predicted molar refractivity (Wildman–Crippen MR) is 126 cm³/mol. The molecule has 0 fully saturated rings. The molecule has 0 bridgehead atoms. The molecule has 1 aromatic heterocycles. The van der Waals surface area contributed by atoms with Gasteiger partial charge in [-0.3, -0.25) is 4.79 Å². The van der Waals surface area contributed by atoms with Gasteiger partial charge in [-0.05, 0) is 55.2 Å². The lowest BCUT2D eigenvalue weighted by Gasteiger charge is -2.28. The largest absolute Gasteiger partial charge is 0.396 e. The molecule has 0 aliphatic carbocycles. The van der Waals surface area contributed by atoms with E-state index in [1.165, 1.54) is 5.56 Å². The van der Waals surface area contributed by atoms with E-state index >= 15 is 0 Å². The quantitative estimate of drug-likeness (QED) is 0.496. The number of carbonyl (C=O) groups excluding carboxylic acids is 1. The molecule has 4 rings (SSSR count). The van der Waals surface area contributed by atoms with E-state index in [-0.39, 0.29) is 12.5 Å². The maximum atomic E-state index is 13.4. The van der Waals surface area contributed by atoms with E-state index in [9.17, 15) is 9.90 Å². The summed E-state index contributed by atoms with van der Waals surface area (Å²) in [7, 11) is 0. The lowest BCUT2D eigenvalue weighted by Crippen LogP contribution is -2.31. The lowest BCUT2D eigenvalue weighted by atomic mass is 9.94. The van der Waals surface area contributed by atoms with E-state index in [2.05, 4.69) is 39.8 Å². The number of fused-ring (bicyclic) bond motifs is 1. The van der Waals surface area contributed by atoms with Gasteiger partial charge >= 0.3 is 0 Å². The second kappa shape index (κ2) is 9.54. The maximum Gasteiger partial charge on any atom is 0.255 e. The van der Waals surface area contributed by atoms with Gasteiger partial charge in [-0.15, -0.1) is 0 Å². The second-order valence-corrected chi connectivity index (χ2v) is 8.18. The number of benzene rings is 2. The average Bonchev–Trinajstić information content (AvgIpc) is 3.20. The van der Waals surface area contributed by atoms with E-state index in [1.807, 2.05) is 19.1 Å². The first-order chi connectivity index (χ1) is 15.5. The van der Waals surface area contributed by atoms with Crippen molar-refractivity contribution in [2.45, 2.75) is 39.2 Å². The van der Waals surface area contributed by atoms with Crippen molar-refractivity contribution < 1.29 is 9.90 Å². The zero-order chi connectivity index (χ0) is 22.7. The van der Waals surface area contributed by atoms with Crippen molar-refractivity contribution in [3.63, 3.8) is 0 Å². The third kappa shape index (κ3) is 4.54. The number of aliphatic hydroxyl groups is 1. The molecule has 0 radical (unpaired) electrons. The smallest absolute Gasteiger partial charge is 0.255 e. The first-order valence-corrected chi connectivity index (χ1v) is 11.1. The number of aromatic nitrogens is 3. The number of hydrogen-bond donors (Lipinski definition) is 3. The molecule has 1 amide bonds. The number of aliphatic hydroxyl groups excluding tert-OH is 1. The van der Waals surface area contributed by atoms with Gasteiger partial charge in [0.2, 0.25) is 5.95 Å². The molecule has 166 valence electrons. The molecular weight excluding hydrogens is 426 g/mol. The molecule has 0 unspecified atom stereocenters. The molecule has 1 aliphatic rings. The number of allylic oxidation sites excluding steroid dienone is 1. The minimum atomic E-state index is -0.431. The van der Waals surface area contributed by atoms with Crippen molar-refractivity contribution in [1.29, 1.82) is 0 Å². The zero-order valence-electron chi connectivity index (χ0n) is 18.1. The Bertz CT molecular complexity index is 1140. The number of anilines is 2. The third-order valence-electron chi connectivity index (χ3n) is 5.51. The van der Waals surface area contributed by atoms with Crippen LogP contribution in [0.2, 0.25) is 5.02 Å². The molecule has 2 aromatic carbocycles. The minimum Gasteiger partial charge on any atom is -0.396 e. The summed E-state index contributed by atoms with van der Waals surface area (Å²) in [6, 6.07) is 14.8. The summed E-state index contributed by atoms with van der Waals surface area (Å²) >= 11 is 5.98. The topological polar surface area (TPSA) is 92.1 Å². The summed E-state index contributed by atoms with van der Waals surface area (Å²) < 4.78 is 1.76. The Morgan fingerprint density at radius 3 is 2.56 bits per heavy atom. The van der Waals surface area contributed by atoms with Gasteiger partial charge in [0.25, 0.3) is 5.91 Å². The summed E-state index contributed by atoms with van der Waals surface area (Å²) in [5.41, 5.74) is 4.11. The van der Waals surface area contributed by atoms with Crippen LogP contribution in [0.15, 0.2) is 59.8 Å². The first kappa shape index (κ1) is 22.0. The standard InChI is InChI=1S/C24H26ClN5O2/c1-3-16-6-8-17(9-7-16)22-21(23(32)27-19-12-10-18(25)11-13-19)15(2)26-24-28-20(5-4-14-31)29-30(22)24/h6-13,22,31H,3-5,14H2,1-2H3,(H,27,32)(H,26,28,29)/t22-/m1/s1. The molecule has 3 N–H and O–H groups in total. The van der Waals surface area contributed by atoms with Crippen LogP contribution in [0.5, 0.6) is 0 Å². The Morgan fingerprint density at radius 2 is 1.91 bits per heavy atom. The molecule has 3 aromatic rings. The predicted octanol–water partition coefficient (Wildman–Crippen LogP) is 4.35. The lowest BCUT2D eigenvalue weighted by molar-refractivity contribution is -0.113. The number of rotatable bonds is 7. The molecule has 32 heavy (non-hydrogen) atoms. The van der Waals surface area contributed by atoms with Crippen LogP contribution in [0.4, 0.5) is 11.6 Å². The Hall–Kier alpha value is -3.16. The molecule has 0 saturated carbocycles. The van der Waals surface area contributed by atoms with Crippen molar-refractivity contribution in [3.05, 3.63) is 81.8 Å². The number of amides is 1. The van der Waals surface area contributed by atoms with Gasteiger partial charge in [0, 0.05) is 29.4 Å². The number of nitrogens with one attached hydrogen (secondary N) is 2. The van der Waals surface area contributed by atoms with Crippen molar-refractivity contribution in [3.8, 4) is 0 Å². The molecule has 2 heterocycles. The summed E-state index contributed by atoms with van der Waals surface area (Å²) in [6.45, 7) is 4.05. The number of nitrogens with zero attached hydrogens (tertiary/aromatic N) is 3. The third-order valence-corrected chi connectivity index (χ3v) is 5.76. The van der Waals surface area contributed by atoms with Crippen molar-refractivity contribution in [2.24, 2.45) is 0 Å². The summed E-state index contributed by atoms with van der Waals surface area (Å²) in [6.07, 6.45) is 2.08. The molecular formula is C24H26ClN5O2. The second-order valence-electron chi connectivity index (χ2n) is 7.75. The number of halogens is 1. The van der Waals surface area contributed by atoms with E-state index < -0.39 is 6.04 Å². The van der Waals surface area contributed by atoms with Crippen molar-refractivity contribution in [1.82, 2.24) is 14.8 Å². The highest BCUT2D eigenvalue weighted by Crippen LogP contribution is 2.36. The molecule has 1 aliphatic heterocycles. The maximum absolute atomic E-state index is 13.4. The normalized spacial score (nSPS) is 15.3. The van der Waals surface area contributed by atoms with Crippen molar-refractivity contribution >= 4 is 29.1 Å². The van der Waals surface area contributed by atoms with Crippen LogP contribution >= 0.6 is 11.6 Å². The highest BCUT2D eigenvalue weighted by molar-refractivity contribution is 6.30. The van der Waals surface area contributed by atoms with Crippen LogP contribution in [0.1, 0.15) is 43.3 Å². The number of aryl methyl sites for hydroxylation is 2. The Morgan fingerprint density at radius 1 is 1.19 bits per heavy atom. The summed E-state index contributed by atoms with van der Waals surface area (Å²) in [4.78, 5) is 18.0. The van der Waals surface area contributed by atoms with Crippen LogP contribution < -0.4 is 10.6 Å². The SMILES string of the molecule is CCc1ccc([C@@H]2C(C(=O)Nc3ccc(Cl)cc3)=C(C)Nc3nc(CCCO)nn32)cc1. The average molecular weight is 452 g/mol. The fourth-order valence-corrected chi connectivity index (χ4v) is 3.93. The van der Waals surface area contributed by atoms with Crippen molar-refractivity contribution in [2.75, 3.05) is 17.2 Å². The Labute approximate surface area is 192 Å². The molecule has 1 atom stereocenters. The van der Waals surface area contributed by atoms with E-state index in [0.29, 0.717) is 40.9 Å². The molecule has 7 nitrogen and oxygen atoms in total. The van der Waals surface area contributed by atoms with Crippen LogP contribution in [-0.2, 0) is 17.6 Å².